The summed E-state index contributed by atoms with van der Waals surface area (Å²) in [5.41, 5.74) is 11.6. The molecule has 2 heterocycles. The Kier molecular flexibility index (Phi) is 7.74. The molecule has 3 nitrogen and oxygen atoms in total. The topological polar surface area (TPSA) is 29.5 Å². The Morgan fingerprint density at radius 3 is 1.55 bits per heavy atom. The van der Waals surface area contributed by atoms with Gasteiger partial charge in [0, 0.05) is 43.7 Å². The van der Waals surface area contributed by atoms with Crippen LogP contribution < -0.4 is 4.90 Å². The van der Waals surface area contributed by atoms with E-state index in [1.807, 2.05) is 6.07 Å². The van der Waals surface area contributed by atoms with Gasteiger partial charge in [0.25, 0.3) is 0 Å². The molecule has 0 amide bonds. The second kappa shape index (κ2) is 13.8. The minimum atomic E-state index is -0.188. The highest BCUT2D eigenvalue weighted by atomic mass is 16.3. The van der Waals surface area contributed by atoms with Crippen molar-refractivity contribution in [3.05, 3.63) is 223 Å². The molecule has 0 aliphatic heterocycles. The zero-order chi connectivity index (χ0) is 43.7. The van der Waals surface area contributed by atoms with E-state index in [2.05, 4.69) is 225 Å². The molecule has 0 unspecified atom stereocenters. The second-order valence-corrected chi connectivity index (χ2v) is 18.3. The molecular weight excluding hydrogens is 803 g/mol. The fraction of sp³-hybridized carbons (Fsp3) is 0.0476. The molecule has 0 fully saturated rings. The fourth-order valence-corrected chi connectivity index (χ4v) is 11.5. The van der Waals surface area contributed by atoms with E-state index < -0.39 is 0 Å². The maximum Gasteiger partial charge on any atom is 0.159 e. The summed E-state index contributed by atoms with van der Waals surface area (Å²) in [4.78, 5) is 2.42. The van der Waals surface area contributed by atoms with Crippen molar-refractivity contribution in [2.45, 2.75) is 19.3 Å². The van der Waals surface area contributed by atoms with E-state index in [1.165, 1.54) is 49.2 Å². The van der Waals surface area contributed by atoms with Crippen LogP contribution in [-0.4, -0.2) is 0 Å². The third kappa shape index (κ3) is 5.20. The van der Waals surface area contributed by atoms with Gasteiger partial charge < -0.3 is 13.7 Å². The molecule has 11 aromatic carbocycles. The number of nitrogens with zero attached hydrogens (tertiary/aromatic N) is 1. The molecule has 310 valence electrons. The first kappa shape index (κ1) is 37.0. The highest BCUT2D eigenvalue weighted by Crippen LogP contribution is 2.52. The van der Waals surface area contributed by atoms with Crippen molar-refractivity contribution < 1.29 is 8.83 Å². The first-order chi connectivity index (χ1) is 32.5. The van der Waals surface area contributed by atoms with Crippen molar-refractivity contribution in [3.63, 3.8) is 0 Å². The van der Waals surface area contributed by atoms with Crippen LogP contribution in [0.25, 0.3) is 109 Å². The molecule has 66 heavy (non-hydrogen) atoms. The maximum absolute atomic E-state index is 6.87. The summed E-state index contributed by atoms with van der Waals surface area (Å²) in [6.07, 6.45) is 0. The number of furan rings is 2. The lowest BCUT2D eigenvalue weighted by molar-refractivity contribution is 0.660. The molecule has 0 bridgehead atoms. The van der Waals surface area contributed by atoms with Gasteiger partial charge in [-0.15, -0.1) is 0 Å². The summed E-state index contributed by atoms with van der Waals surface area (Å²) in [6, 6.07) is 77.5. The minimum Gasteiger partial charge on any atom is -0.456 e. The molecule has 1 aliphatic carbocycles. The van der Waals surface area contributed by atoms with Crippen LogP contribution in [0.3, 0.4) is 0 Å². The number of fused-ring (bicyclic) bond motifs is 20. The Morgan fingerprint density at radius 1 is 0.318 bits per heavy atom. The summed E-state index contributed by atoms with van der Waals surface area (Å²) in [6.45, 7) is 4.71. The molecule has 1 aliphatic rings. The van der Waals surface area contributed by atoms with Crippen molar-refractivity contribution >= 4 is 115 Å². The number of benzene rings is 10. The highest BCUT2D eigenvalue weighted by molar-refractivity contribution is 6.33. The van der Waals surface area contributed by atoms with E-state index in [0.29, 0.717) is 0 Å². The number of hydrogen-bond donors (Lipinski definition) is 0. The first-order valence-electron chi connectivity index (χ1n) is 22.8. The van der Waals surface area contributed by atoms with Crippen LogP contribution >= 0.6 is 0 Å². The van der Waals surface area contributed by atoms with E-state index in [4.69, 9.17) is 8.83 Å². The SMILES string of the molecule is CC1(C)c2ccccc2-c2ccc(N(c3ccc4c5ccccc5c5ccccc5c5ccccc5c5c(ccc6oc7ccccc7c65)c4c3)c3cccc4c3oc3ccccc34)cc21. The lowest BCUT2D eigenvalue weighted by atomic mass is 9.82. The standard InChI is InChI=1S/C63H41NO2/c1-63(2)54-26-12-9-21-46(54)47-33-31-39(37-55(47)63)64(56-27-15-25-51-48-22-10-13-28-57(48)66-62(51)56)38-30-32-45-43-19-6-4-17-41(43)40-16-3-5-18-42(40)44-20-7-8-23-49(44)60-50(53(45)36-38)34-35-59-61(60)52-24-11-14-29-58(52)65-59/h3-37H,1-2H3. The molecule has 0 radical (unpaired) electrons. The van der Waals surface area contributed by atoms with E-state index in [0.717, 1.165) is 87.9 Å². The highest BCUT2D eigenvalue weighted by Gasteiger charge is 2.36. The van der Waals surface area contributed by atoms with Crippen LogP contribution in [0.2, 0.25) is 0 Å². The van der Waals surface area contributed by atoms with Gasteiger partial charge in [0.1, 0.15) is 16.7 Å². The van der Waals surface area contributed by atoms with Crippen molar-refractivity contribution in [2.75, 3.05) is 4.90 Å². The molecule has 0 atom stereocenters. The molecule has 0 N–H and O–H groups in total. The number of rotatable bonds is 3. The minimum absolute atomic E-state index is 0.188. The summed E-state index contributed by atoms with van der Waals surface area (Å²) < 4.78 is 13.6. The van der Waals surface area contributed by atoms with E-state index in [1.54, 1.807) is 0 Å². The van der Waals surface area contributed by atoms with Gasteiger partial charge in [0.05, 0.1) is 5.69 Å². The van der Waals surface area contributed by atoms with E-state index in [-0.39, 0.29) is 5.41 Å². The Balaban J connectivity index is 1.18. The smallest absolute Gasteiger partial charge is 0.159 e. The normalized spacial score (nSPS) is 13.1. The predicted octanol–water partition coefficient (Wildman–Crippen LogP) is 18.2. The van der Waals surface area contributed by atoms with Crippen LogP contribution in [0.4, 0.5) is 17.1 Å². The first-order valence-corrected chi connectivity index (χ1v) is 22.8. The van der Waals surface area contributed by atoms with Crippen LogP contribution in [0.5, 0.6) is 0 Å². The monoisotopic (exact) mass is 843 g/mol. The van der Waals surface area contributed by atoms with E-state index in [9.17, 15) is 0 Å². The van der Waals surface area contributed by atoms with Crippen molar-refractivity contribution in [1.82, 2.24) is 0 Å². The second-order valence-electron chi connectivity index (χ2n) is 18.3. The summed E-state index contributed by atoms with van der Waals surface area (Å²) in [7, 11) is 0. The van der Waals surface area contributed by atoms with Crippen molar-refractivity contribution in [1.29, 1.82) is 0 Å². The van der Waals surface area contributed by atoms with Crippen LogP contribution in [-0.2, 0) is 5.41 Å². The maximum atomic E-state index is 6.87. The van der Waals surface area contributed by atoms with Gasteiger partial charge in [0.15, 0.2) is 5.58 Å². The average Bonchev–Trinajstić information content (AvgIpc) is 4.02. The Morgan fingerprint density at radius 2 is 0.818 bits per heavy atom. The Bertz CT molecular complexity index is 4280. The van der Waals surface area contributed by atoms with Gasteiger partial charge in [-0.3, -0.25) is 0 Å². The summed E-state index contributed by atoms with van der Waals surface area (Å²) in [5, 5.41) is 16.1. The summed E-state index contributed by atoms with van der Waals surface area (Å²) in [5.74, 6) is 0. The lowest BCUT2D eigenvalue weighted by Crippen LogP contribution is -2.16. The lowest BCUT2D eigenvalue weighted by Gasteiger charge is -2.28. The zero-order valence-corrected chi connectivity index (χ0v) is 36.5. The fourth-order valence-electron chi connectivity index (χ4n) is 11.5. The van der Waals surface area contributed by atoms with Crippen molar-refractivity contribution in [3.8, 4) is 11.1 Å². The van der Waals surface area contributed by atoms with Crippen LogP contribution in [0, 0.1) is 0 Å². The molecule has 13 aromatic rings. The average molecular weight is 844 g/mol. The molecular formula is C63H41NO2. The summed E-state index contributed by atoms with van der Waals surface area (Å²) >= 11 is 0. The molecule has 14 rings (SSSR count). The van der Waals surface area contributed by atoms with Gasteiger partial charge in [-0.05, 0) is 125 Å². The van der Waals surface area contributed by atoms with Gasteiger partial charge >= 0.3 is 0 Å². The number of anilines is 3. The molecule has 2 aromatic heterocycles. The van der Waals surface area contributed by atoms with Crippen molar-refractivity contribution in [2.24, 2.45) is 0 Å². The number of hydrogen-bond acceptors (Lipinski definition) is 3. The van der Waals surface area contributed by atoms with Gasteiger partial charge in [0.2, 0.25) is 0 Å². The Hall–Kier alpha value is -8.40. The van der Waals surface area contributed by atoms with Crippen LogP contribution in [0.15, 0.2) is 221 Å². The van der Waals surface area contributed by atoms with E-state index >= 15 is 0 Å². The van der Waals surface area contributed by atoms with Gasteiger partial charge in [-0.2, -0.15) is 0 Å². The van der Waals surface area contributed by atoms with Crippen LogP contribution in [0.1, 0.15) is 25.0 Å². The van der Waals surface area contributed by atoms with Gasteiger partial charge in [-0.1, -0.05) is 172 Å². The molecule has 0 spiro atoms. The predicted molar refractivity (Wildman–Crippen MR) is 278 cm³/mol. The largest absolute Gasteiger partial charge is 0.456 e. The molecule has 0 saturated carbocycles. The quantitative estimate of drug-likeness (QED) is 0.177. The zero-order valence-electron chi connectivity index (χ0n) is 36.5. The molecule has 3 heteroatoms. The number of para-hydroxylation sites is 3. The molecule has 0 saturated heterocycles. The third-order valence-electron chi connectivity index (χ3n) is 14.5. The third-order valence-corrected chi connectivity index (χ3v) is 14.5. The Labute approximate surface area is 380 Å². The van der Waals surface area contributed by atoms with Gasteiger partial charge in [-0.25, -0.2) is 0 Å².